The van der Waals surface area contributed by atoms with Crippen LogP contribution in [0.4, 0.5) is 10.5 Å². The number of fused-ring (bicyclic) bond motifs is 1. The molecule has 0 aliphatic carbocycles. The lowest BCUT2D eigenvalue weighted by Crippen LogP contribution is -2.44. The fraction of sp³-hybridized carbons (Fsp3) is 0.471. The first kappa shape index (κ1) is 16.8. The summed E-state index contributed by atoms with van der Waals surface area (Å²) in [5, 5.41) is 3.64. The van der Waals surface area contributed by atoms with E-state index < -0.39 is 9.84 Å². The average molecular weight is 349 g/mol. The number of aromatic nitrogens is 1. The lowest BCUT2D eigenvalue weighted by molar-refractivity contribution is 0.200. The number of aromatic amines is 1. The van der Waals surface area contributed by atoms with Gasteiger partial charge in [0, 0.05) is 41.1 Å². The number of piperidine rings is 1. The maximum absolute atomic E-state index is 12.4. The second-order valence-corrected chi connectivity index (χ2v) is 8.89. The van der Waals surface area contributed by atoms with Gasteiger partial charge in [-0.1, -0.05) is 6.92 Å². The molecule has 0 radical (unpaired) electrons. The normalized spacial score (nSPS) is 16.5. The fourth-order valence-corrected chi connectivity index (χ4v) is 4.61. The lowest BCUT2D eigenvalue weighted by Gasteiger charge is -2.31. The minimum Gasteiger partial charge on any atom is -0.359 e. The van der Waals surface area contributed by atoms with Crippen LogP contribution in [0, 0.1) is 6.92 Å². The number of benzene rings is 1. The summed E-state index contributed by atoms with van der Waals surface area (Å²) in [6.07, 6.45) is 1.03. The molecule has 2 N–H and O–H groups in total. The van der Waals surface area contributed by atoms with E-state index in [0.29, 0.717) is 25.9 Å². The number of anilines is 1. The van der Waals surface area contributed by atoms with Crippen LogP contribution in [0.5, 0.6) is 0 Å². The molecule has 1 aromatic heterocycles. The topological polar surface area (TPSA) is 82.3 Å². The molecule has 2 heterocycles. The molecule has 1 saturated heterocycles. The van der Waals surface area contributed by atoms with Crippen LogP contribution in [0.2, 0.25) is 0 Å². The van der Waals surface area contributed by atoms with Crippen molar-refractivity contribution >= 4 is 32.5 Å². The Labute approximate surface area is 142 Å². The molecule has 24 heavy (non-hydrogen) atoms. The van der Waals surface area contributed by atoms with Crippen LogP contribution in [-0.4, -0.2) is 48.4 Å². The predicted octanol–water partition coefficient (Wildman–Crippen LogP) is 2.91. The Hall–Kier alpha value is -2.02. The average Bonchev–Trinajstić information content (AvgIpc) is 2.94. The van der Waals surface area contributed by atoms with Crippen LogP contribution < -0.4 is 5.32 Å². The van der Waals surface area contributed by atoms with E-state index in [2.05, 4.69) is 10.3 Å². The second-order valence-electron chi connectivity index (χ2n) is 6.32. The third kappa shape index (κ3) is 3.40. The summed E-state index contributed by atoms with van der Waals surface area (Å²) in [7, 11) is -3.01. The molecule has 1 fully saturated rings. The molecule has 3 rings (SSSR count). The van der Waals surface area contributed by atoms with Gasteiger partial charge >= 0.3 is 6.03 Å². The molecular weight excluding hydrogens is 326 g/mol. The number of sulfone groups is 1. The number of hydrogen-bond acceptors (Lipinski definition) is 3. The molecule has 0 saturated carbocycles. The molecule has 2 aromatic rings. The number of aryl methyl sites for hydroxylation is 1. The number of likely N-dealkylation sites (tertiary alicyclic amines) is 1. The quantitative estimate of drug-likeness (QED) is 0.894. The molecule has 2 amide bonds. The summed E-state index contributed by atoms with van der Waals surface area (Å²) in [6.45, 7) is 4.61. The standard InChI is InChI=1S/C17H23N3O3S/c1-3-24(22,23)15-6-8-20(9-7-15)17(21)19-14-4-5-16-13(11-14)10-12(2)18-16/h4-5,10-11,15,18H,3,6-9H2,1-2H3,(H,19,21). The van der Waals surface area contributed by atoms with Crippen molar-refractivity contribution in [3.05, 3.63) is 30.0 Å². The van der Waals surface area contributed by atoms with E-state index in [9.17, 15) is 13.2 Å². The highest BCUT2D eigenvalue weighted by atomic mass is 32.2. The number of nitrogens with zero attached hydrogens (tertiary/aromatic N) is 1. The second kappa shape index (κ2) is 6.47. The van der Waals surface area contributed by atoms with E-state index >= 15 is 0 Å². The van der Waals surface area contributed by atoms with Gasteiger partial charge in [-0.15, -0.1) is 0 Å². The summed E-state index contributed by atoms with van der Waals surface area (Å²) in [4.78, 5) is 17.3. The van der Waals surface area contributed by atoms with Gasteiger partial charge in [0.1, 0.15) is 0 Å². The van der Waals surface area contributed by atoms with Crippen molar-refractivity contribution in [3.63, 3.8) is 0 Å². The van der Waals surface area contributed by atoms with Crippen LogP contribution in [0.1, 0.15) is 25.5 Å². The molecular formula is C17H23N3O3S. The van der Waals surface area contributed by atoms with E-state index in [1.54, 1.807) is 11.8 Å². The number of urea groups is 1. The van der Waals surface area contributed by atoms with Crippen molar-refractivity contribution < 1.29 is 13.2 Å². The zero-order valence-corrected chi connectivity index (χ0v) is 14.8. The van der Waals surface area contributed by atoms with Crippen LogP contribution in [0.25, 0.3) is 10.9 Å². The van der Waals surface area contributed by atoms with Gasteiger partial charge in [0.15, 0.2) is 9.84 Å². The van der Waals surface area contributed by atoms with Crippen molar-refractivity contribution in [1.29, 1.82) is 0 Å². The van der Waals surface area contributed by atoms with Crippen molar-refractivity contribution in [2.24, 2.45) is 0 Å². The molecule has 0 bridgehead atoms. The molecule has 0 unspecified atom stereocenters. The van der Waals surface area contributed by atoms with Gasteiger partial charge in [-0.05, 0) is 44.0 Å². The SMILES string of the molecule is CCS(=O)(=O)C1CCN(C(=O)Nc2ccc3[nH]c(C)cc3c2)CC1. The lowest BCUT2D eigenvalue weighted by atomic mass is 10.1. The monoisotopic (exact) mass is 349 g/mol. The minimum atomic E-state index is -3.01. The summed E-state index contributed by atoms with van der Waals surface area (Å²) in [6, 6.07) is 7.61. The van der Waals surface area contributed by atoms with Gasteiger partial charge in [0.05, 0.1) is 5.25 Å². The van der Waals surface area contributed by atoms with Crippen LogP contribution >= 0.6 is 0 Å². The summed E-state index contributed by atoms with van der Waals surface area (Å²) in [5.41, 5.74) is 2.86. The number of amides is 2. The van der Waals surface area contributed by atoms with Gasteiger partial charge < -0.3 is 15.2 Å². The molecule has 1 aliphatic heterocycles. The molecule has 7 heteroatoms. The van der Waals surface area contributed by atoms with E-state index in [1.807, 2.05) is 31.2 Å². The van der Waals surface area contributed by atoms with Crippen molar-refractivity contribution in [2.75, 3.05) is 24.2 Å². The first-order valence-electron chi connectivity index (χ1n) is 8.26. The van der Waals surface area contributed by atoms with Crippen LogP contribution in [-0.2, 0) is 9.84 Å². The third-order valence-electron chi connectivity index (χ3n) is 4.65. The van der Waals surface area contributed by atoms with Gasteiger partial charge in [0.25, 0.3) is 0 Å². The van der Waals surface area contributed by atoms with E-state index in [1.165, 1.54) is 0 Å². The first-order valence-corrected chi connectivity index (χ1v) is 9.97. The Kier molecular flexibility index (Phi) is 4.54. The predicted molar refractivity (Wildman–Crippen MR) is 96.1 cm³/mol. The third-order valence-corrected chi connectivity index (χ3v) is 6.94. The highest BCUT2D eigenvalue weighted by Gasteiger charge is 2.30. The molecule has 0 atom stereocenters. The number of nitrogens with one attached hydrogen (secondary N) is 2. The molecule has 6 nitrogen and oxygen atoms in total. The van der Waals surface area contributed by atoms with E-state index in [4.69, 9.17) is 0 Å². The van der Waals surface area contributed by atoms with Gasteiger partial charge in [-0.25, -0.2) is 13.2 Å². The maximum atomic E-state index is 12.4. The fourth-order valence-electron chi connectivity index (χ4n) is 3.21. The Morgan fingerprint density at radius 2 is 2.00 bits per heavy atom. The van der Waals surface area contributed by atoms with Crippen molar-refractivity contribution in [3.8, 4) is 0 Å². The van der Waals surface area contributed by atoms with Crippen LogP contribution in [0.15, 0.2) is 24.3 Å². The zero-order valence-electron chi connectivity index (χ0n) is 14.0. The first-order chi connectivity index (χ1) is 11.4. The van der Waals surface area contributed by atoms with Gasteiger partial charge in [-0.2, -0.15) is 0 Å². The van der Waals surface area contributed by atoms with Crippen molar-refractivity contribution in [2.45, 2.75) is 31.9 Å². The van der Waals surface area contributed by atoms with Crippen molar-refractivity contribution in [1.82, 2.24) is 9.88 Å². The number of carbonyl (C=O) groups is 1. The van der Waals surface area contributed by atoms with E-state index in [0.717, 1.165) is 22.3 Å². The van der Waals surface area contributed by atoms with Crippen LogP contribution in [0.3, 0.4) is 0 Å². The van der Waals surface area contributed by atoms with Gasteiger partial charge in [0.2, 0.25) is 0 Å². The highest BCUT2D eigenvalue weighted by molar-refractivity contribution is 7.92. The summed E-state index contributed by atoms with van der Waals surface area (Å²) < 4.78 is 23.9. The molecule has 0 spiro atoms. The number of rotatable bonds is 3. The smallest absolute Gasteiger partial charge is 0.321 e. The number of H-pyrrole nitrogens is 1. The maximum Gasteiger partial charge on any atom is 0.321 e. The zero-order chi connectivity index (χ0) is 17.3. The Balaban J connectivity index is 1.63. The Morgan fingerprint density at radius 1 is 1.29 bits per heavy atom. The molecule has 1 aliphatic rings. The number of hydrogen-bond donors (Lipinski definition) is 2. The van der Waals surface area contributed by atoms with E-state index in [-0.39, 0.29) is 17.0 Å². The molecule has 1 aromatic carbocycles. The largest absolute Gasteiger partial charge is 0.359 e. The Morgan fingerprint density at radius 3 is 2.67 bits per heavy atom. The molecule has 130 valence electrons. The summed E-state index contributed by atoms with van der Waals surface area (Å²) >= 11 is 0. The number of carbonyl (C=O) groups excluding carboxylic acids is 1. The minimum absolute atomic E-state index is 0.167. The van der Waals surface area contributed by atoms with Gasteiger partial charge in [-0.3, -0.25) is 0 Å². The summed E-state index contributed by atoms with van der Waals surface area (Å²) in [5.74, 6) is 0.167. The highest BCUT2D eigenvalue weighted by Crippen LogP contribution is 2.22. The Bertz CT molecular complexity index is 849.